The second-order valence-electron chi connectivity index (χ2n) is 7.60. The molecule has 0 fully saturated rings. The first-order chi connectivity index (χ1) is 15.7. The Balaban J connectivity index is 1.57. The van der Waals surface area contributed by atoms with Gasteiger partial charge in [0, 0.05) is 25.1 Å². The van der Waals surface area contributed by atoms with Gasteiger partial charge in [-0.2, -0.15) is 0 Å². The van der Waals surface area contributed by atoms with Crippen LogP contribution in [0.15, 0.2) is 53.9 Å². The summed E-state index contributed by atoms with van der Waals surface area (Å²) in [6.07, 6.45) is 3.45. The summed E-state index contributed by atoms with van der Waals surface area (Å²) in [5, 5.41) is 6.23. The van der Waals surface area contributed by atoms with Crippen LogP contribution in [0, 0.1) is 20.8 Å². The van der Waals surface area contributed by atoms with Gasteiger partial charge in [-0.25, -0.2) is 9.78 Å². The van der Waals surface area contributed by atoms with Crippen molar-refractivity contribution in [2.75, 3.05) is 23.0 Å². The van der Waals surface area contributed by atoms with Crippen LogP contribution in [-0.2, 0) is 21.4 Å². The maximum atomic E-state index is 12.6. The van der Waals surface area contributed by atoms with E-state index < -0.39 is 18.5 Å². The summed E-state index contributed by atoms with van der Waals surface area (Å²) in [5.74, 6) is -1.29. The molecule has 8 nitrogen and oxygen atoms in total. The number of imidazole rings is 1. The van der Waals surface area contributed by atoms with Crippen LogP contribution in [0.2, 0.25) is 0 Å². The molecule has 0 aliphatic heterocycles. The van der Waals surface area contributed by atoms with E-state index in [1.165, 1.54) is 17.8 Å². The van der Waals surface area contributed by atoms with Gasteiger partial charge in [0.2, 0.25) is 5.91 Å². The molecule has 0 saturated heterocycles. The molecule has 33 heavy (non-hydrogen) atoms. The lowest BCUT2D eigenvalue weighted by Crippen LogP contribution is -2.23. The van der Waals surface area contributed by atoms with E-state index in [1.807, 2.05) is 44.5 Å². The third-order valence-corrected chi connectivity index (χ3v) is 5.86. The average Bonchev–Trinajstić information content (AvgIpc) is 3.18. The highest BCUT2D eigenvalue weighted by molar-refractivity contribution is 7.99. The zero-order chi connectivity index (χ0) is 24.0. The van der Waals surface area contributed by atoms with Gasteiger partial charge in [0.15, 0.2) is 11.8 Å². The van der Waals surface area contributed by atoms with Crippen LogP contribution in [0.25, 0.3) is 0 Å². The van der Waals surface area contributed by atoms with Crippen LogP contribution < -0.4 is 10.6 Å². The van der Waals surface area contributed by atoms with Gasteiger partial charge in [-0.1, -0.05) is 41.6 Å². The summed E-state index contributed by atoms with van der Waals surface area (Å²) in [6, 6.07) is 10.5. The highest BCUT2D eigenvalue weighted by Crippen LogP contribution is 2.22. The van der Waals surface area contributed by atoms with Gasteiger partial charge >= 0.3 is 5.97 Å². The number of nitrogens with zero attached hydrogens (tertiary/aromatic N) is 2. The molecular weight excluding hydrogens is 440 g/mol. The fourth-order valence-electron chi connectivity index (χ4n) is 3.34. The molecular formula is C24H26N4O4S. The molecule has 0 unspecified atom stereocenters. The number of rotatable bonds is 8. The van der Waals surface area contributed by atoms with E-state index in [9.17, 15) is 14.4 Å². The van der Waals surface area contributed by atoms with Gasteiger partial charge in [0.05, 0.1) is 17.0 Å². The average molecular weight is 467 g/mol. The summed E-state index contributed by atoms with van der Waals surface area (Å²) in [6.45, 7) is 5.36. The number of thioether (sulfide) groups is 1. The third-order valence-electron chi connectivity index (χ3n) is 4.81. The van der Waals surface area contributed by atoms with Crippen LogP contribution in [0.4, 0.5) is 11.4 Å². The standard InChI is InChI=1S/C24H26N4O4S/c1-15-11-16(2)22(17(3)12-15)27-20(29)13-32-23(31)18-7-5-6-8-19(18)26-21(30)14-33-24-25-9-10-28(24)4/h5-12H,13-14H2,1-4H3,(H,26,30)(H,27,29). The van der Waals surface area contributed by atoms with Gasteiger partial charge < -0.3 is 19.9 Å². The first-order valence-corrected chi connectivity index (χ1v) is 11.3. The second-order valence-corrected chi connectivity index (χ2v) is 8.54. The number of anilines is 2. The number of ether oxygens (including phenoxy) is 1. The molecule has 9 heteroatoms. The lowest BCUT2D eigenvalue weighted by atomic mass is 10.1. The van der Waals surface area contributed by atoms with Gasteiger partial charge in [0.25, 0.3) is 5.91 Å². The normalized spacial score (nSPS) is 10.5. The Morgan fingerprint density at radius 2 is 1.73 bits per heavy atom. The number of benzene rings is 2. The lowest BCUT2D eigenvalue weighted by molar-refractivity contribution is -0.119. The number of nitrogens with one attached hydrogen (secondary N) is 2. The number of para-hydroxylation sites is 1. The van der Waals surface area contributed by atoms with E-state index in [0.717, 1.165) is 16.7 Å². The van der Waals surface area contributed by atoms with E-state index in [4.69, 9.17) is 4.74 Å². The zero-order valence-corrected chi connectivity index (χ0v) is 19.8. The zero-order valence-electron chi connectivity index (χ0n) is 19.0. The Labute approximate surface area is 196 Å². The van der Waals surface area contributed by atoms with Gasteiger partial charge in [-0.3, -0.25) is 9.59 Å². The summed E-state index contributed by atoms with van der Waals surface area (Å²) in [5.41, 5.74) is 4.17. The van der Waals surface area contributed by atoms with E-state index in [0.29, 0.717) is 16.5 Å². The van der Waals surface area contributed by atoms with Crippen LogP contribution in [0.3, 0.4) is 0 Å². The molecule has 0 aliphatic rings. The molecule has 3 rings (SSSR count). The number of hydrogen-bond donors (Lipinski definition) is 2. The molecule has 0 saturated carbocycles. The van der Waals surface area contributed by atoms with Crippen molar-refractivity contribution in [2.24, 2.45) is 7.05 Å². The highest BCUT2D eigenvalue weighted by atomic mass is 32.2. The summed E-state index contributed by atoms with van der Waals surface area (Å²) in [7, 11) is 1.84. The molecule has 2 amide bonds. The van der Waals surface area contributed by atoms with Gasteiger partial charge in [-0.15, -0.1) is 0 Å². The number of aromatic nitrogens is 2. The van der Waals surface area contributed by atoms with E-state index >= 15 is 0 Å². The van der Waals surface area contributed by atoms with Crippen LogP contribution in [-0.4, -0.2) is 39.7 Å². The largest absolute Gasteiger partial charge is 0.452 e. The maximum Gasteiger partial charge on any atom is 0.340 e. The van der Waals surface area contributed by atoms with Crippen molar-refractivity contribution in [3.8, 4) is 0 Å². The van der Waals surface area contributed by atoms with Crippen molar-refractivity contribution in [3.63, 3.8) is 0 Å². The van der Waals surface area contributed by atoms with Gasteiger partial charge in [0.1, 0.15) is 0 Å². The Bertz CT molecular complexity index is 1170. The Morgan fingerprint density at radius 3 is 2.39 bits per heavy atom. The Hall–Kier alpha value is -3.59. The van der Waals surface area contributed by atoms with Crippen LogP contribution in [0.1, 0.15) is 27.0 Å². The summed E-state index contributed by atoms with van der Waals surface area (Å²) < 4.78 is 7.01. The fraction of sp³-hybridized carbons (Fsp3) is 0.250. The van der Waals surface area contributed by atoms with Crippen LogP contribution >= 0.6 is 11.8 Å². The molecule has 0 atom stereocenters. The molecule has 0 radical (unpaired) electrons. The molecule has 0 spiro atoms. The summed E-state index contributed by atoms with van der Waals surface area (Å²) >= 11 is 1.28. The lowest BCUT2D eigenvalue weighted by Gasteiger charge is -2.14. The second kappa shape index (κ2) is 10.8. The monoisotopic (exact) mass is 466 g/mol. The number of carbonyl (C=O) groups excluding carboxylic acids is 3. The fourth-order valence-corrected chi connectivity index (χ4v) is 4.07. The minimum Gasteiger partial charge on any atom is -0.452 e. The number of esters is 1. The SMILES string of the molecule is Cc1cc(C)c(NC(=O)COC(=O)c2ccccc2NC(=O)CSc2nccn2C)c(C)c1. The third kappa shape index (κ3) is 6.45. The van der Waals surface area contributed by atoms with Crippen molar-refractivity contribution >= 4 is 40.9 Å². The molecule has 172 valence electrons. The smallest absolute Gasteiger partial charge is 0.340 e. The first-order valence-electron chi connectivity index (χ1n) is 10.3. The number of hydrogen-bond acceptors (Lipinski definition) is 6. The Morgan fingerprint density at radius 1 is 1.03 bits per heavy atom. The van der Waals surface area contributed by atoms with E-state index in [2.05, 4.69) is 15.6 Å². The minimum atomic E-state index is -0.699. The molecule has 1 heterocycles. The molecule has 0 aliphatic carbocycles. The van der Waals surface area contributed by atoms with Crippen molar-refractivity contribution < 1.29 is 19.1 Å². The summed E-state index contributed by atoms with van der Waals surface area (Å²) in [4.78, 5) is 41.5. The molecule has 0 bridgehead atoms. The predicted molar refractivity (Wildman–Crippen MR) is 129 cm³/mol. The van der Waals surface area contributed by atoms with Crippen molar-refractivity contribution in [2.45, 2.75) is 25.9 Å². The molecule has 3 aromatic rings. The van der Waals surface area contributed by atoms with Crippen molar-refractivity contribution in [1.29, 1.82) is 0 Å². The minimum absolute atomic E-state index is 0.131. The first kappa shape index (κ1) is 24.1. The molecule has 1 aromatic heterocycles. The highest BCUT2D eigenvalue weighted by Gasteiger charge is 2.17. The Kier molecular flexibility index (Phi) is 7.89. The van der Waals surface area contributed by atoms with Crippen LogP contribution in [0.5, 0.6) is 0 Å². The number of amides is 2. The van der Waals surface area contributed by atoms with Crippen molar-refractivity contribution in [3.05, 3.63) is 71.0 Å². The van der Waals surface area contributed by atoms with E-state index in [-0.39, 0.29) is 17.2 Å². The quantitative estimate of drug-likeness (QED) is 0.386. The molecule has 2 N–H and O–H groups in total. The number of carbonyl (C=O) groups is 3. The predicted octanol–water partition coefficient (Wildman–Crippen LogP) is 3.87. The maximum absolute atomic E-state index is 12.6. The van der Waals surface area contributed by atoms with Gasteiger partial charge in [-0.05, 0) is 44.0 Å². The number of aryl methyl sites for hydroxylation is 4. The molecule has 2 aromatic carbocycles. The topological polar surface area (TPSA) is 102 Å². The van der Waals surface area contributed by atoms with E-state index in [1.54, 1.807) is 30.6 Å². The van der Waals surface area contributed by atoms with Crippen molar-refractivity contribution in [1.82, 2.24) is 9.55 Å².